The molecule has 30 heavy (non-hydrogen) atoms. The smallest absolute Gasteiger partial charge is 0.315 e. The second-order valence-corrected chi connectivity index (χ2v) is 9.32. The summed E-state index contributed by atoms with van der Waals surface area (Å²) in [7, 11) is -2.91. The average molecular weight is 441 g/mol. The molecule has 10 heteroatoms. The number of nitrogens with zero attached hydrogens (tertiary/aromatic N) is 2. The molecule has 1 fully saturated rings. The molecule has 1 amide bonds. The van der Waals surface area contributed by atoms with Crippen molar-refractivity contribution in [3.05, 3.63) is 48.2 Å². The second kappa shape index (κ2) is 8.01. The van der Waals surface area contributed by atoms with Gasteiger partial charge >= 0.3 is 6.43 Å². The summed E-state index contributed by atoms with van der Waals surface area (Å²) in [5.74, 6) is 1.92. The standard InChI is InChI=1S/C20H22F3N3O3S/c1-20(2)26(19(27)18(22)23)15(10-21)17(29-20)13-6-4-12(5-7-13)14-8-9-16(25-11-14)30(3,24)28/h4-9,11,15,17-18H,3,10H2,1-2H3,(H2,24,28). The fraction of sp³-hybridized carbons (Fsp3) is 0.350. The van der Waals surface area contributed by atoms with Gasteiger partial charge in [0.25, 0.3) is 5.91 Å². The Hall–Kier alpha value is -2.43. The van der Waals surface area contributed by atoms with E-state index in [1.54, 1.807) is 30.3 Å². The monoisotopic (exact) mass is 441 g/mol. The van der Waals surface area contributed by atoms with Gasteiger partial charge in [0.1, 0.15) is 23.5 Å². The maximum Gasteiger partial charge on any atom is 0.315 e. The third-order valence-corrected chi connectivity index (χ3v) is 5.87. The maximum atomic E-state index is 13.8. The summed E-state index contributed by atoms with van der Waals surface area (Å²) < 4.78 is 57.3. The van der Waals surface area contributed by atoms with Gasteiger partial charge in [-0.3, -0.25) is 9.93 Å². The van der Waals surface area contributed by atoms with Crippen molar-refractivity contribution in [3.63, 3.8) is 0 Å². The number of alkyl halides is 3. The summed E-state index contributed by atoms with van der Waals surface area (Å²) in [4.78, 5) is 16.8. The van der Waals surface area contributed by atoms with Gasteiger partial charge in [-0.25, -0.2) is 13.6 Å². The van der Waals surface area contributed by atoms with E-state index < -0.39 is 46.6 Å². The SMILES string of the molecule is C=S(N)(=O)c1ccc(-c2ccc(C3OC(C)(C)N(C(=O)C(F)F)C3CF)cc2)cn1. The minimum atomic E-state index is -3.25. The number of hydrogen-bond donors (Lipinski definition) is 1. The first-order valence-electron chi connectivity index (χ1n) is 9.02. The van der Waals surface area contributed by atoms with Gasteiger partial charge in [-0.2, -0.15) is 8.78 Å². The normalized spacial score (nSPS) is 22.8. The van der Waals surface area contributed by atoms with Crippen LogP contribution in [0.1, 0.15) is 25.5 Å². The molecule has 0 radical (unpaired) electrons. The lowest BCUT2D eigenvalue weighted by Gasteiger charge is -2.32. The first-order chi connectivity index (χ1) is 14.0. The number of pyridine rings is 1. The van der Waals surface area contributed by atoms with Crippen LogP contribution in [0.2, 0.25) is 0 Å². The number of ether oxygens (including phenoxy) is 1. The van der Waals surface area contributed by atoms with Crippen LogP contribution in [0.5, 0.6) is 0 Å². The minimum absolute atomic E-state index is 0.180. The fourth-order valence-electron chi connectivity index (χ4n) is 3.58. The predicted octanol–water partition coefficient (Wildman–Crippen LogP) is 2.94. The highest BCUT2D eigenvalue weighted by atomic mass is 32.2. The van der Waals surface area contributed by atoms with Gasteiger partial charge < -0.3 is 9.64 Å². The molecule has 162 valence electrons. The molecule has 3 unspecified atom stereocenters. The van der Waals surface area contributed by atoms with Gasteiger partial charge in [-0.15, -0.1) is 0 Å². The summed E-state index contributed by atoms with van der Waals surface area (Å²) in [6, 6.07) is 8.87. The van der Waals surface area contributed by atoms with Crippen molar-refractivity contribution >= 4 is 21.5 Å². The number of benzene rings is 1. The van der Waals surface area contributed by atoms with E-state index in [-0.39, 0.29) is 5.03 Å². The van der Waals surface area contributed by atoms with Crippen molar-refractivity contribution in [1.82, 2.24) is 9.88 Å². The van der Waals surface area contributed by atoms with Crippen LogP contribution in [0.25, 0.3) is 11.1 Å². The number of halogens is 3. The molecular weight excluding hydrogens is 419 g/mol. The lowest BCUT2D eigenvalue weighted by Crippen LogP contribution is -2.51. The van der Waals surface area contributed by atoms with Crippen molar-refractivity contribution in [2.24, 2.45) is 5.14 Å². The van der Waals surface area contributed by atoms with Crippen LogP contribution in [0, 0.1) is 0 Å². The van der Waals surface area contributed by atoms with Gasteiger partial charge in [0.15, 0.2) is 0 Å². The van der Waals surface area contributed by atoms with Crippen molar-refractivity contribution in [2.75, 3.05) is 6.67 Å². The Kier molecular flexibility index (Phi) is 5.94. The van der Waals surface area contributed by atoms with Crippen LogP contribution in [-0.2, 0) is 19.2 Å². The maximum absolute atomic E-state index is 13.8. The predicted molar refractivity (Wildman–Crippen MR) is 108 cm³/mol. The van der Waals surface area contributed by atoms with E-state index >= 15 is 0 Å². The molecule has 1 aromatic carbocycles. The van der Waals surface area contributed by atoms with Gasteiger partial charge in [0.05, 0.1) is 15.7 Å². The van der Waals surface area contributed by atoms with E-state index in [4.69, 9.17) is 9.88 Å². The largest absolute Gasteiger partial charge is 0.346 e. The van der Waals surface area contributed by atoms with Crippen molar-refractivity contribution in [2.45, 2.75) is 43.2 Å². The average Bonchev–Trinajstić information content (AvgIpc) is 2.97. The molecule has 3 rings (SSSR count). The zero-order chi connectivity index (χ0) is 22.3. The Morgan fingerprint density at radius 2 is 1.87 bits per heavy atom. The number of nitrogens with two attached hydrogens (primary N) is 1. The zero-order valence-electron chi connectivity index (χ0n) is 16.4. The summed E-state index contributed by atoms with van der Waals surface area (Å²) in [6.45, 7) is 1.88. The number of carbonyl (C=O) groups is 1. The Bertz CT molecular complexity index is 1030. The highest BCUT2D eigenvalue weighted by molar-refractivity contribution is 7.98. The van der Waals surface area contributed by atoms with Crippen LogP contribution in [0.4, 0.5) is 13.2 Å². The molecule has 2 aromatic rings. The van der Waals surface area contributed by atoms with Crippen LogP contribution >= 0.6 is 0 Å². The Balaban J connectivity index is 1.88. The van der Waals surface area contributed by atoms with Crippen LogP contribution < -0.4 is 5.14 Å². The number of amides is 1. The number of aromatic nitrogens is 1. The summed E-state index contributed by atoms with van der Waals surface area (Å²) in [5.41, 5.74) is 0.654. The van der Waals surface area contributed by atoms with Gasteiger partial charge in [0.2, 0.25) is 0 Å². The third-order valence-electron chi connectivity index (χ3n) is 4.92. The highest BCUT2D eigenvalue weighted by Crippen LogP contribution is 2.42. The number of hydrogen-bond acceptors (Lipinski definition) is 4. The molecule has 2 heterocycles. The second-order valence-electron chi connectivity index (χ2n) is 7.45. The zero-order valence-corrected chi connectivity index (χ0v) is 17.2. The summed E-state index contributed by atoms with van der Waals surface area (Å²) in [6.07, 6.45) is -2.64. The van der Waals surface area contributed by atoms with E-state index in [1.807, 2.05) is 0 Å². The van der Waals surface area contributed by atoms with Crippen LogP contribution in [0.3, 0.4) is 0 Å². The first-order valence-corrected chi connectivity index (χ1v) is 10.8. The quantitative estimate of drug-likeness (QED) is 0.723. The van der Waals surface area contributed by atoms with E-state index in [0.717, 1.165) is 16.0 Å². The number of carbonyl (C=O) groups excluding carboxylic acids is 1. The highest BCUT2D eigenvalue weighted by Gasteiger charge is 2.52. The molecule has 1 aliphatic heterocycles. The Morgan fingerprint density at radius 1 is 1.27 bits per heavy atom. The molecule has 0 bridgehead atoms. The van der Waals surface area contributed by atoms with E-state index in [2.05, 4.69) is 10.9 Å². The van der Waals surface area contributed by atoms with E-state index in [1.165, 1.54) is 26.1 Å². The topological polar surface area (TPSA) is 85.5 Å². The van der Waals surface area contributed by atoms with Crippen molar-refractivity contribution in [3.8, 4) is 11.1 Å². The lowest BCUT2D eigenvalue weighted by atomic mass is 9.99. The summed E-state index contributed by atoms with van der Waals surface area (Å²) in [5, 5.41) is 5.65. The van der Waals surface area contributed by atoms with Crippen LogP contribution in [0.15, 0.2) is 47.6 Å². The van der Waals surface area contributed by atoms with E-state index in [0.29, 0.717) is 5.56 Å². The molecule has 1 saturated heterocycles. The molecule has 2 N–H and O–H groups in total. The summed E-state index contributed by atoms with van der Waals surface area (Å²) >= 11 is 0. The van der Waals surface area contributed by atoms with Gasteiger partial charge in [-0.1, -0.05) is 30.3 Å². The lowest BCUT2D eigenvalue weighted by molar-refractivity contribution is -0.159. The molecule has 1 aliphatic rings. The van der Waals surface area contributed by atoms with Gasteiger partial charge in [0, 0.05) is 11.8 Å². The molecule has 0 spiro atoms. The molecule has 6 nitrogen and oxygen atoms in total. The van der Waals surface area contributed by atoms with Crippen molar-refractivity contribution < 1.29 is 26.9 Å². The van der Waals surface area contributed by atoms with Crippen LogP contribution in [-0.4, -0.2) is 50.7 Å². The van der Waals surface area contributed by atoms with Gasteiger partial charge in [-0.05, 0) is 36.9 Å². The molecule has 0 saturated carbocycles. The fourth-order valence-corrected chi connectivity index (χ4v) is 4.11. The minimum Gasteiger partial charge on any atom is -0.346 e. The van der Waals surface area contributed by atoms with Crippen molar-refractivity contribution in [1.29, 1.82) is 0 Å². The molecular formula is C20H22F3N3O3S. The molecule has 3 atom stereocenters. The first kappa shape index (κ1) is 22.3. The number of rotatable bonds is 5. The van der Waals surface area contributed by atoms with E-state index in [9.17, 15) is 22.2 Å². The third kappa shape index (κ3) is 4.21. The molecule has 1 aromatic heterocycles. The molecule has 0 aliphatic carbocycles. The Morgan fingerprint density at radius 3 is 2.33 bits per heavy atom. The Labute approximate surface area is 173 Å².